The fraction of sp³-hybridized carbons (Fsp3) is 0.133. The lowest BCUT2D eigenvalue weighted by molar-refractivity contribution is -0.143. The lowest BCUT2D eigenvalue weighted by Gasteiger charge is -2.15. The Morgan fingerprint density at radius 1 is 1.00 bits per heavy atom. The molecule has 0 atom stereocenters. The highest BCUT2D eigenvalue weighted by Gasteiger charge is 2.37. The van der Waals surface area contributed by atoms with Crippen molar-refractivity contribution < 1.29 is 26.3 Å². The van der Waals surface area contributed by atoms with Gasteiger partial charge in [0.25, 0.3) is 0 Å². The minimum absolute atomic E-state index is 0.0477. The van der Waals surface area contributed by atoms with Gasteiger partial charge in [0.2, 0.25) is 0 Å². The van der Waals surface area contributed by atoms with Gasteiger partial charge >= 0.3 is 12.4 Å². The smallest absolute Gasteiger partial charge is 0.300 e. The largest absolute Gasteiger partial charge is 0.416 e. The summed E-state index contributed by atoms with van der Waals surface area (Å²) < 4.78 is 78.5. The number of aromatic nitrogens is 2. The Balaban J connectivity index is 2.70. The molecule has 0 aliphatic rings. The van der Waals surface area contributed by atoms with Gasteiger partial charge < -0.3 is 0 Å². The van der Waals surface area contributed by atoms with Crippen molar-refractivity contribution in [2.45, 2.75) is 12.4 Å². The molecule has 0 bridgehead atoms. The molecule has 1 aromatic heterocycles. The average Bonchev–Trinajstić information content (AvgIpc) is 2.93. The molecule has 2 aromatic rings. The van der Waals surface area contributed by atoms with Crippen LogP contribution in [0, 0.1) is 0 Å². The zero-order chi connectivity index (χ0) is 17.4. The summed E-state index contributed by atoms with van der Waals surface area (Å²) in [6.45, 7) is 7.06. The Kier molecular flexibility index (Phi) is 4.10. The van der Waals surface area contributed by atoms with Gasteiger partial charge in [-0.05, 0) is 24.3 Å². The minimum atomic E-state index is -4.91. The van der Waals surface area contributed by atoms with Crippen LogP contribution in [0.4, 0.5) is 26.3 Å². The lowest BCUT2D eigenvalue weighted by atomic mass is 10.0. The van der Waals surface area contributed by atoms with Crippen LogP contribution in [0.3, 0.4) is 0 Å². The zero-order valence-corrected chi connectivity index (χ0v) is 11.5. The molecular weight excluding hydrogens is 322 g/mol. The van der Waals surface area contributed by atoms with E-state index in [1.54, 1.807) is 0 Å². The lowest BCUT2D eigenvalue weighted by Crippen LogP contribution is -2.11. The number of halogens is 6. The second-order valence-corrected chi connectivity index (χ2v) is 4.64. The summed E-state index contributed by atoms with van der Waals surface area (Å²) in [6, 6.07) is 1.35. The van der Waals surface area contributed by atoms with Gasteiger partial charge in [0.1, 0.15) is 0 Å². The molecular formula is C15H10F6N2. The van der Waals surface area contributed by atoms with E-state index in [-0.39, 0.29) is 23.0 Å². The van der Waals surface area contributed by atoms with Crippen molar-refractivity contribution >= 4 is 5.70 Å². The molecule has 1 aromatic carbocycles. The van der Waals surface area contributed by atoms with E-state index in [0.29, 0.717) is 12.1 Å². The highest BCUT2D eigenvalue weighted by Crippen LogP contribution is 2.38. The third kappa shape index (κ3) is 3.46. The number of rotatable bonds is 3. The quantitative estimate of drug-likeness (QED) is 0.555. The fourth-order valence-corrected chi connectivity index (χ4v) is 1.94. The third-order valence-electron chi connectivity index (χ3n) is 3.07. The third-order valence-corrected chi connectivity index (χ3v) is 3.07. The Morgan fingerprint density at radius 2 is 1.52 bits per heavy atom. The topological polar surface area (TPSA) is 17.8 Å². The standard InChI is InChI=1S/C15H10F6N2/c1-3-9(2)23-8-22-7-13(23)10-4-11(14(16,17)18)6-12(5-10)15(19,20)21/h3-8H,1-2H2. The maximum absolute atomic E-state index is 12.9. The van der Waals surface area contributed by atoms with Gasteiger partial charge in [0, 0.05) is 11.3 Å². The van der Waals surface area contributed by atoms with Crippen molar-refractivity contribution in [3.05, 3.63) is 61.1 Å². The minimum Gasteiger partial charge on any atom is -0.300 e. The summed E-state index contributed by atoms with van der Waals surface area (Å²) in [6.07, 6.45) is -6.12. The molecule has 1 heterocycles. The first-order valence-electron chi connectivity index (χ1n) is 6.18. The van der Waals surface area contributed by atoms with Crippen molar-refractivity contribution in [2.24, 2.45) is 0 Å². The molecule has 122 valence electrons. The van der Waals surface area contributed by atoms with Gasteiger partial charge in [-0.25, -0.2) is 4.98 Å². The highest BCUT2D eigenvalue weighted by atomic mass is 19.4. The van der Waals surface area contributed by atoms with Crippen LogP contribution in [0.5, 0.6) is 0 Å². The second kappa shape index (κ2) is 5.60. The first-order chi connectivity index (χ1) is 10.5. The first-order valence-corrected chi connectivity index (χ1v) is 6.18. The van der Waals surface area contributed by atoms with Crippen molar-refractivity contribution in [2.75, 3.05) is 0 Å². The molecule has 0 N–H and O–H groups in total. The Morgan fingerprint density at radius 3 is 1.96 bits per heavy atom. The molecule has 0 spiro atoms. The summed E-state index contributed by atoms with van der Waals surface area (Å²) in [5.74, 6) is 0. The summed E-state index contributed by atoms with van der Waals surface area (Å²) in [7, 11) is 0. The molecule has 0 radical (unpaired) electrons. The van der Waals surface area contributed by atoms with Crippen LogP contribution in [-0.4, -0.2) is 9.55 Å². The first kappa shape index (κ1) is 16.9. The van der Waals surface area contributed by atoms with Gasteiger partial charge in [0.05, 0.1) is 29.3 Å². The molecule has 0 fully saturated rings. The van der Waals surface area contributed by atoms with Gasteiger partial charge in [-0.15, -0.1) is 0 Å². The van der Waals surface area contributed by atoms with Crippen molar-refractivity contribution in [3.8, 4) is 11.3 Å². The van der Waals surface area contributed by atoms with Crippen LogP contribution in [-0.2, 0) is 12.4 Å². The number of hydrogen-bond donors (Lipinski definition) is 0. The molecule has 0 saturated heterocycles. The predicted molar refractivity (Wildman–Crippen MR) is 73.2 cm³/mol. The molecule has 2 nitrogen and oxygen atoms in total. The molecule has 0 saturated carbocycles. The summed E-state index contributed by atoms with van der Waals surface area (Å²) >= 11 is 0. The van der Waals surface area contributed by atoms with Crippen molar-refractivity contribution in [3.63, 3.8) is 0 Å². The van der Waals surface area contributed by atoms with E-state index in [1.165, 1.54) is 17.0 Å². The predicted octanol–water partition coefficient (Wildman–Crippen LogP) is 5.24. The SMILES string of the molecule is C=CC(=C)n1cncc1-c1cc(C(F)(F)F)cc(C(F)(F)F)c1. The summed E-state index contributed by atoms with van der Waals surface area (Å²) in [5.41, 5.74) is -2.73. The van der Waals surface area contributed by atoms with Crippen LogP contribution < -0.4 is 0 Å². The van der Waals surface area contributed by atoms with E-state index in [2.05, 4.69) is 18.1 Å². The number of hydrogen-bond acceptors (Lipinski definition) is 1. The molecule has 2 rings (SSSR count). The van der Waals surface area contributed by atoms with E-state index in [1.807, 2.05) is 0 Å². The maximum Gasteiger partial charge on any atom is 0.416 e. The monoisotopic (exact) mass is 332 g/mol. The highest BCUT2D eigenvalue weighted by molar-refractivity contribution is 5.68. The number of alkyl halides is 6. The summed E-state index contributed by atoms with van der Waals surface area (Å²) in [5, 5.41) is 0. The fourth-order valence-electron chi connectivity index (χ4n) is 1.94. The average molecular weight is 332 g/mol. The molecule has 0 aliphatic carbocycles. The molecule has 0 unspecified atom stereocenters. The molecule has 23 heavy (non-hydrogen) atoms. The molecule has 0 aliphatic heterocycles. The van der Waals surface area contributed by atoms with E-state index in [4.69, 9.17) is 0 Å². The zero-order valence-electron chi connectivity index (χ0n) is 11.5. The number of imidazole rings is 1. The summed E-state index contributed by atoms with van der Waals surface area (Å²) in [4.78, 5) is 3.74. The Bertz CT molecular complexity index is 720. The second-order valence-electron chi connectivity index (χ2n) is 4.64. The van der Waals surface area contributed by atoms with Gasteiger partial charge in [-0.1, -0.05) is 13.2 Å². The maximum atomic E-state index is 12.9. The Hall–Kier alpha value is -2.51. The van der Waals surface area contributed by atoms with E-state index in [9.17, 15) is 26.3 Å². The van der Waals surface area contributed by atoms with E-state index >= 15 is 0 Å². The van der Waals surface area contributed by atoms with Crippen LogP contribution >= 0.6 is 0 Å². The van der Waals surface area contributed by atoms with Crippen LogP contribution in [0.1, 0.15) is 11.1 Å². The van der Waals surface area contributed by atoms with Crippen molar-refractivity contribution in [1.29, 1.82) is 0 Å². The van der Waals surface area contributed by atoms with Crippen LogP contribution in [0.15, 0.2) is 50.0 Å². The van der Waals surface area contributed by atoms with E-state index < -0.39 is 23.5 Å². The molecule has 8 heteroatoms. The number of allylic oxidation sites excluding steroid dienone is 2. The molecule has 0 amide bonds. The van der Waals surface area contributed by atoms with Gasteiger partial charge in [-0.3, -0.25) is 4.57 Å². The van der Waals surface area contributed by atoms with Gasteiger partial charge in [-0.2, -0.15) is 26.3 Å². The number of benzene rings is 1. The number of nitrogens with zero attached hydrogens (tertiary/aromatic N) is 2. The van der Waals surface area contributed by atoms with Crippen molar-refractivity contribution in [1.82, 2.24) is 9.55 Å². The van der Waals surface area contributed by atoms with Crippen LogP contribution in [0.25, 0.3) is 17.0 Å². The Labute approximate surface area is 127 Å². The normalized spacial score (nSPS) is 12.3. The van der Waals surface area contributed by atoms with Crippen LogP contribution in [0.2, 0.25) is 0 Å². The van der Waals surface area contributed by atoms with Gasteiger partial charge in [0.15, 0.2) is 0 Å². The van der Waals surface area contributed by atoms with E-state index in [0.717, 1.165) is 6.20 Å².